The van der Waals surface area contributed by atoms with E-state index in [4.69, 9.17) is 4.74 Å². The van der Waals surface area contributed by atoms with E-state index in [1.165, 1.54) is 6.33 Å². The minimum atomic E-state index is -0.0677. The fourth-order valence-electron chi connectivity index (χ4n) is 3.01. The Labute approximate surface area is 135 Å². The number of carbonyl (C=O) groups excluding carboxylic acids is 1. The molecule has 1 aliphatic heterocycles. The van der Waals surface area contributed by atoms with E-state index in [0.29, 0.717) is 12.4 Å². The van der Waals surface area contributed by atoms with Crippen LogP contribution in [0.5, 0.6) is 0 Å². The molecule has 1 fully saturated rings. The summed E-state index contributed by atoms with van der Waals surface area (Å²) in [5.41, 5.74) is 0.932. The van der Waals surface area contributed by atoms with Crippen LogP contribution < -0.4 is 5.32 Å². The number of para-hydroxylation sites is 1. The number of carbonyl (C=O) groups is 1. The second kappa shape index (κ2) is 7.37. The van der Waals surface area contributed by atoms with E-state index >= 15 is 0 Å². The summed E-state index contributed by atoms with van der Waals surface area (Å²) in [5, 5.41) is 7.22. The first-order valence-electron chi connectivity index (χ1n) is 8.13. The summed E-state index contributed by atoms with van der Waals surface area (Å²) in [6.07, 6.45) is 4.21. The van der Waals surface area contributed by atoms with Crippen LogP contribution in [0.15, 0.2) is 36.7 Å². The van der Waals surface area contributed by atoms with Gasteiger partial charge in [0, 0.05) is 6.61 Å². The molecular weight excluding hydrogens is 292 g/mol. The molecule has 1 N–H and O–H groups in total. The lowest BCUT2D eigenvalue weighted by atomic mass is 9.92. The summed E-state index contributed by atoms with van der Waals surface area (Å²) in [4.78, 5) is 16.7. The number of aromatic nitrogens is 3. The van der Waals surface area contributed by atoms with Crippen LogP contribution in [0.4, 0.5) is 0 Å². The Hall–Kier alpha value is -2.21. The van der Waals surface area contributed by atoms with Crippen LogP contribution in [0, 0.1) is 5.92 Å². The van der Waals surface area contributed by atoms with Gasteiger partial charge in [-0.3, -0.25) is 4.79 Å². The predicted octanol–water partition coefficient (Wildman–Crippen LogP) is 2.09. The Kier molecular flexibility index (Phi) is 5.02. The number of ether oxygens (including phenoxy) is 1. The standard InChI is InChI=1S/C17H22N4O2/c1-2-15-14(9-6-10-23-15)17(22)18-11-16-19-12-20-21(16)13-7-4-3-5-8-13/h3-5,7-8,12,14-15H,2,6,9-11H2,1H3,(H,18,22)/t14-,15-/m1/s1. The highest BCUT2D eigenvalue weighted by atomic mass is 16.5. The van der Waals surface area contributed by atoms with Gasteiger partial charge >= 0.3 is 0 Å². The first-order valence-corrected chi connectivity index (χ1v) is 8.13. The summed E-state index contributed by atoms with van der Waals surface area (Å²) in [7, 11) is 0. The molecule has 3 rings (SSSR count). The molecule has 1 saturated heterocycles. The Balaban J connectivity index is 1.65. The molecule has 0 saturated carbocycles. The van der Waals surface area contributed by atoms with Crippen LogP contribution in [-0.2, 0) is 16.1 Å². The van der Waals surface area contributed by atoms with Gasteiger partial charge in [0.05, 0.1) is 24.3 Å². The van der Waals surface area contributed by atoms with Gasteiger partial charge in [0.15, 0.2) is 5.82 Å². The minimum Gasteiger partial charge on any atom is -0.377 e. The molecule has 23 heavy (non-hydrogen) atoms. The van der Waals surface area contributed by atoms with Gasteiger partial charge in [-0.2, -0.15) is 5.10 Å². The monoisotopic (exact) mass is 314 g/mol. The minimum absolute atomic E-state index is 0.0238. The number of hydrogen-bond donors (Lipinski definition) is 1. The molecule has 2 atom stereocenters. The van der Waals surface area contributed by atoms with Crippen molar-refractivity contribution in [3.63, 3.8) is 0 Å². The molecule has 6 nitrogen and oxygen atoms in total. The maximum Gasteiger partial charge on any atom is 0.226 e. The topological polar surface area (TPSA) is 69.0 Å². The zero-order valence-electron chi connectivity index (χ0n) is 13.3. The quantitative estimate of drug-likeness (QED) is 0.917. The number of hydrogen-bond acceptors (Lipinski definition) is 4. The third-order valence-electron chi connectivity index (χ3n) is 4.22. The van der Waals surface area contributed by atoms with Crippen molar-refractivity contribution >= 4 is 5.91 Å². The van der Waals surface area contributed by atoms with Crippen LogP contribution in [0.25, 0.3) is 5.69 Å². The maximum atomic E-state index is 12.5. The van der Waals surface area contributed by atoms with Gasteiger partial charge in [-0.25, -0.2) is 9.67 Å². The predicted molar refractivity (Wildman–Crippen MR) is 86.0 cm³/mol. The van der Waals surface area contributed by atoms with Crippen molar-refractivity contribution in [1.82, 2.24) is 20.1 Å². The first-order chi connectivity index (χ1) is 11.3. The maximum absolute atomic E-state index is 12.5. The van der Waals surface area contributed by atoms with E-state index in [2.05, 4.69) is 22.3 Å². The number of rotatable bonds is 5. The van der Waals surface area contributed by atoms with Crippen molar-refractivity contribution in [2.75, 3.05) is 6.61 Å². The van der Waals surface area contributed by atoms with E-state index in [9.17, 15) is 4.79 Å². The molecule has 1 aromatic carbocycles. The molecule has 0 unspecified atom stereocenters. The molecule has 1 amide bonds. The summed E-state index contributed by atoms with van der Waals surface area (Å²) < 4.78 is 7.44. The average molecular weight is 314 g/mol. The normalized spacial score (nSPS) is 21.1. The van der Waals surface area contributed by atoms with Gasteiger partial charge in [0.2, 0.25) is 5.91 Å². The van der Waals surface area contributed by atoms with Crippen LogP contribution in [0.3, 0.4) is 0 Å². The van der Waals surface area contributed by atoms with Gasteiger partial charge in [-0.1, -0.05) is 25.1 Å². The van der Waals surface area contributed by atoms with E-state index < -0.39 is 0 Å². The fourth-order valence-corrected chi connectivity index (χ4v) is 3.01. The molecule has 6 heteroatoms. The van der Waals surface area contributed by atoms with Crippen LogP contribution in [-0.4, -0.2) is 33.4 Å². The molecule has 2 heterocycles. The molecule has 2 aromatic rings. The summed E-state index contributed by atoms with van der Waals surface area (Å²) in [6.45, 7) is 3.17. The summed E-state index contributed by atoms with van der Waals surface area (Å²) in [6, 6.07) is 9.77. The lowest BCUT2D eigenvalue weighted by Gasteiger charge is -2.30. The third-order valence-corrected chi connectivity index (χ3v) is 4.22. The molecule has 0 spiro atoms. The molecule has 1 aromatic heterocycles. The van der Waals surface area contributed by atoms with Crippen LogP contribution in [0.2, 0.25) is 0 Å². The lowest BCUT2D eigenvalue weighted by Crippen LogP contribution is -2.41. The number of amides is 1. The highest BCUT2D eigenvalue weighted by Crippen LogP contribution is 2.23. The van der Waals surface area contributed by atoms with Crippen molar-refractivity contribution in [3.8, 4) is 5.69 Å². The highest BCUT2D eigenvalue weighted by Gasteiger charge is 2.30. The largest absolute Gasteiger partial charge is 0.377 e. The third kappa shape index (κ3) is 3.59. The first kappa shape index (κ1) is 15.7. The van der Waals surface area contributed by atoms with E-state index in [-0.39, 0.29) is 17.9 Å². The highest BCUT2D eigenvalue weighted by molar-refractivity contribution is 5.79. The van der Waals surface area contributed by atoms with Gasteiger partial charge in [0.1, 0.15) is 6.33 Å². The fraction of sp³-hybridized carbons (Fsp3) is 0.471. The van der Waals surface area contributed by atoms with Crippen molar-refractivity contribution in [2.45, 2.75) is 38.8 Å². The van der Waals surface area contributed by atoms with Crippen LogP contribution >= 0.6 is 0 Å². The van der Waals surface area contributed by atoms with Gasteiger partial charge in [0.25, 0.3) is 0 Å². The zero-order valence-corrected chi connectivity index (χ0v) is 13.3. The molecular formula is C17H22N4O2. The van der Waals surface area contributed by atoms with Crippen molar-refractivity contribution in [2.24, 2.45) is 5.92 Å². The molecule has 1 aliphatic rings. The summed E-state index contributed by atoms with van der Waals surface area (Å²) in [5.74, 6) is 0.690. The van der Waals surface area contributed by atoms with Crippen molar-refractivity contribution in [1.29, 1.82) is 0 Å². The zero-order chi connectivity index (χ0) is 16.1. The molecule has 0 radical (unpaired) electrons. The number of nitrogens with zero attached hydrogens (tertiary/aromatic N) is 3. The van der Waals surface area contributed by atoms with Gasteiger partial charge in [-0.05, 0) is 31.4 Å². The SMILES string of the molecule is CC[C@H]1OCCC[C@H]1C(=O)NCc1ncnn1-c1ccccc1. The Bertz CT molecular complexity index is 641. The van der Waals surface area contributed by atoms with Gasteiger partial charge in [-0.15, -0.1) is 0 Å². The second-order valence-electron chi connectivity index (χ2n) is 5.71. The van der Waals surface area contributed by atoms with Crippen molar-refractivity contribution in [3.05, 3.63) is 42.5 Å². The summed E-state index contributed by atoms with van der Waals surface area (Å²) >= 11 is 0. The van der Waals surface area contributed by atoms with E-state index in [0.717, 1.165) is 31.6 Å². The number of nitrogens with one attached hydrogen (secondary N) is 1. The average Bonchev–Trinajstić information content (AvgIpc) is 3.09. The van der Waals surface area contributed by atoms with Gasteiger partial charge < -0.3 is 10.1 Å². The Morgan fingerprint density at radius 3 is 3.00 bits per heavy atom. The van der Waals surface area contributed by atoms with Crippen molar-refractivity contribution < 1.29 is 9.53 Å². The molecule has 0 aliphatic carbocycles. The van der Waals surface area contributed by atoms with E-state index in [1.54, 1.807) is 4.68 Å². The molecule has 0 bridgehead atoms. The lowest BCUT2D eigenvalue weighted by molar-refractivity contribution is -0.134. The Morgan fingerprint density at radius 1 is 1.39 bits per heavy atom. The van der Waals surface area contributed by atoms with Crippen LogP contribution in [0.1, 0.15) is 32.0 Å². The molecule has 122 valence electrons. The second-order valence-corrected chi connectivity index (χ2v) is 5.71. The smallest absolute Gasteiger partial charge is 0.226 e. The number of benzene rings is 1. The van der Waals surface area contributed by atoms with E-state index in [1.807, 2.05) is 30.3 Å². The Morgan fingerprint density at radius 2 is 2.22 bits per heavy atom.